The van der Waals surface area contributed by atoms with Crippen LogP contribution in [0.2, 0.25) is 0 Å². The van der Waals surface area contributed by atoms with Crippen LogP contribution in [0.5, 0.6) is 0 Å². The number of rotatable bonds is 6. The highest BCUT2D eigenvalue weighted by Crippen LogP contribution is 2.27. The number of aromatic nitrogens is 4. The molecule has 4 nitrogen and oxygen atoms in total. The van der Waals surface area contributed by atoms with Gasteiger partial charge in [0.25, 0.3) is 0 Å². The maximum atomic E-state index is 4.45. The molecule has 7 heteroatoms. The van der Waals surface area contributed by atoms with Crippen LogP contribution in [0, 0.1) is 3.57 Å². The number of benzene rings is 1. The maximum absolute atomic E-state index is 4.45. The summed E-state index contributed by atoms with van der Waals surface area (Å²) in [6, 6.07) is 18.7. The normalized spacial score (nSPS) is 11.0. The van der Waals surface area contributed by atoms with Crippen LogP contribution in [-0.2, 0) is 12.3 Å². The lowest BCUT2D eigenvalue weighted by molar-refractivity contribution is 0.721. The number of thioether (sulfide) groups is 1. The Bertz CT molecular complexity index is 967. The van der Waals surface area contributed by atoms with Crippen molar-refractivity contribution in [2.75, 3.05) is 0 Å². The Labute approximate surface area is 173 Å². The van der Waals surface area contributed by atoms with Gasteiger partial charge in [0.05, 0.1) is 6.54 Å². The minimum atomic E-state index is 0.756. The largest absolute Gasteiger partial charge is 0.295 e. The van der Waals surface area contributed by atoms with Crippen LogP contribution < -0.4 is 0 Å². The molecular formula is C19H15IN4S2. The molecule has 1 aromatic carbocycles. The molecule has 0 amide bonds. The van der Waals surface area contributed by atoms with Crippen molar-refractivity contribution in [3.8, 4) is 11.5 Å². The molecule has 0 atom stereocenters. The summed E-state index contributed by atoms with van der Waals surface area (Å²) in [5, 5.41) is 11.9. The van der Waals surface area contributed by atoms with Crippen LogP contribution in [0.3, 0.4) is 0 Å². The molecule has 0 saturated carbocycles. The summed E-state index contributed by atoms with van der Waals surface area (Å²) in [4.78, 5) is 5.73. The van der Waals surface area contributed by atoms with Gasteiger partial charge < -0.3 is 0 Å². The highest BCUT2D eigenvalue weighted by atomic mass is 127. The Morgan fingerprint density at radius 2 is 1.88 bits per heavy atom. The predicted octanol–water partition coefficient (Wildman–Crippen LogP) is 5.35. The van der Waals surface area contributed by atoms with Crippen molar-refractivity contribution < 1.29 is 0 Å². The Hall–Kier alpha value is -1.71. The number of hydrogen-bond donors (Lipinski definition) is 0. The summed E-state index contributed by atoms with van der Waals surface area (Å²) in [5.74, 6) is 1.67. The number of thiophene rings is 1. The van der Waals surface area contributed by atoms with Crippen LogP contribution in [0.1, 0.15) is 10.4 Å². The first-order valence-electron chi connectivity index (χ1n) is 8.04. The molecule has 0 aliphatic carbocycles. The first kappa shape index (κ1) is 17.7. The maximum Gasteiger partial charge on any atom is 0.192 e. The molecule has 26 heavy (non-hydrogen) atoms. The molecule has 3 heterocycles. The fourth-order valence-corrected chi connectivity index (χ4v) is 4.46. The van der Waals surface area contributed by atoms with Gasteiger partial charge in [-0.2, -0.15) is 0 Å². The van der Waals surface area contributed by atoms with Crippen molar-refractivity contribution in [3.05, 3.63) is 80.2 Å². The molecule has 0 fully saturated rings. The van der Waals surface area contributed by atoms with Gasteiger partial charge in [0.2, 0.25) is 0 Å². The number of hydrogen-bond acceptors (Lipinski definition) is 5. The van der Waals surface area contributed by atoms with E-state index in [-0.39, 0.29) is 0 Å². The monoisotopic (exact) mass is 490 g/mol. The van der Waals surface area contributed by atoms with Crippen molar-refractivity contribution in [2.45, 2.75) is 17.5 Å². The molecule has 0 aliphatic heterocycles. The lowest BCUT2D eigenvalue weighted by atomic mass is 10.2. The molecule has 0 bridgehead atoms. The van der Waals surface area contributed by atoms with E-state index in [4.69, 9.17) is 0 Å². The van der Waals surface area contributed by atoms with E-state index in [0.29, 0.717) is 0 Å². The second-order valence-corrected chi connectivity index (χ2v) is 8.82. The molecule has 3 aromatic heterocycles. The van der Waals surface area contributed by atoms with Crippen LogP contribution in [0.15, 0.2) is 71.3 Å². The minimum Gasteiger partial charge on any atom is -0.295 e. The zero-order valence-electron chi connectivity index (χ0n) is 13.7. The molecule has 0 aliphatic rings. The topological polar surface area (TPSA) is 43.6 Å². The molecule has 0 radical (unpaired) electrons. The minimum absolute atomic E-state index is 0.756. The third kappa shape index (κ3) is 4.16. The zero-order valence-corrected chi connectivity index (χ0v) is 17.5. The summed E-state index contributed by atoms with van der Waals surface area (Å²) in [6.07, 6.45) is 1.79. The van der Waals surface area contributed by atoms with Gasteiger partial charge in [-0.05, 0) is 63.9 Å². The summed E-state index contributed by atoms with van der Waals surface area (Å²) >= 11 is 5.77. The average Bonchev–Trinajstić information content (AvgIpc) is 3.33. The fourth-order valence-electron chi connectivity index (χ4n) is 2.51. The molecule has 0 saturated heterocycles. The standard InChI is InChI=1S/C19H15IN4S2/c20-15-8-6-14(7-9-15)13-26-19-23-22-18(17-5-1-2-10-21-17)24(19)12-16-4-3-11-25-16/h1-11H,12-13H2. The quantitative estimate of drug-likeness (QED) is 0.270. The van der Waals surface area contributed by atoms with Gasteiger partial charge in [-0.1, -0.05) is 36.0 Å². The molecule has 0 unspecified atom stereocenters. The molecule has 130 valence electrons. The molecular weight excluding hydrogens is 475 g/mol. The van der Waals surface area contributed by atoms with Gasteiger partial charge in [-0.25, -0.2) is 0 Å². The average molecular weight is 490 g/mol. The summed E-state index contributed by atoms with van der Waals surface area (Å²) in [6.45, 7) is 0.756. The fraction of sp³-hybridized carbons (Fsp3) is 0.105. The van der Waals surface area contributed by atoms with Crippen molar-refractivity contribution in [2.24, 2.45) is 0 Å². The van der Waals surface area contributed by atoms with E-state index in [1.165, 1.54) is 14.0 Å². The Morgan fingerprint density at radius 1 is 1.00 bits per heavy atom. The second-order valence-electron chi connectivity index (χ2n) is 5.60. The van der Waals surface area contributed by atoms with E-state index >= 15 is 0 Å². The van der Waals surface area contributed by atoms with E-state index in [0.717, 1.165) is 29.0 Å². The van der Waals surface area contributed by atoms with Gasteiger partial charge in [-0.15, -0.1) is 21.5 Å². The third-order valence-corrected chi connectivity index (χ3v) is 6.40. The van der Waals surface area contributed by atoms with E-state index in [9.17, 15) is 0 Å². The van der Waals surface area contributed by atoms with Gasteiger partial charge >= 0.3 is 0 Å². The van der Waals surface area contributed by atoms with Crippen molar-refractivity contribution in [1.82, 2.24) is 19.7 Å². The molecule has 4 aromatic rings. The molecule has 0 spiro atoms. The van der Waals surface area contributed by atoms with E-state index in [1.807, 2.05) is 18.2 Å². The summed E-state index contributed by atoms with van der Waals surface area (Å²) in [5.41, 5.74) is 2.12. The van der Waals surface area contributed by atoms with E-state index < -0.39 is 0 Å². The third-order valence-electron chi connectivity index (χ3n) is 3.79. The number of pyridine rings is 1. The Kier molecular flexibility index (Phi) is 5.66. The van der Waals surface area contributed by atoms with Gasteiger partial charge in [-0.3, -0.25) is 9.55 Å². The molecule has 0 N–H and O–H groups in total. The van der Waals surface area contributed by atoms with E-state index in [1.54, 1.807) is 29.3 Å². The number of halogens is 1. The van der Waals surface area contributed by atoms with Crippen LogP contribution in [-0.4, -0.2) is 19.7 Å². The van der Waals surface area contributed by atoms with Gasteiger partial charge in [0.15, 0.2) is 11.0 Å². The zero-order chi connectivity index (χ0) is 17.8. The van der Waals surface area contributed by atoms with Gasteiger partial charge in [0, 0.05) is 20.4 Å². The van der Waals surface area contributed by atoms with Gasteiger partial charge in [0.1, 0.15) is 5.69 Å². The smallest absolute Gasteiger partial charge is 0.192 e. The van der Waals surface area contributed by atoms with Crippen molar-refractivity contribution in [3.63, 3.8) is 0 Å². The Morgan fingerprint density at radius 3 is 2.62 bits per heavy atom. The SMILES string of the molecule is Ic1ccc(CSc2nnc(-c3ccccn3)n2Cc2cccs2)cc1. The van der Waals surface area contributed by atoms with Crippen LogP contribution >= 0.6 is 45.7 Å². The first-order valence-corrected chi connectivity index (χ1v) is 11.0. The van der Waals surface area contributed by atoms with Crippen LogP contribution in [0.4, 0.5) is 0 Å². The van der Waals surface area contributed by atoms with Crippen molar-refractivity contribution >= 4 is 45.7 Å². The van der Waals surface area contributed by atoms with E-state index in [2.05, 4.69) is 84.1 Å². The lowest BCUT2D eigenvalue weighted by Crippen LogP contribution is -2.03. The number of nitrogens with zero attached hydrogens (tertiary/aromatic N) is 4. The highest BCUT2D eigenvalue weighted by Gasteiger charge is 2.16. The summed E-state index contributed by atoms with van der Waals surface area (Å²) in [7, 11) is 0. The first-order chi connectivity index (χ1) is 12.8. The van der Waals surface area contributed by atoms with Crippen molar-refractivity contribution in [1.29, 1.82) is 0 Å². The second kappa shape index (κ2) is 8.32. The van der Waals surface area contributed by atoms with Crippen LogP contribution in [0.25, 0.3) is 11.5 Å². The lowest BCUT2D eigenvalue weighted by Gasteiger charge is -2.09. The Balaban J connectivity index is 1.63. The highest BCUT2D eigenvalue weighted by molar-refractivity contribution is 14.1. The molecule has 4 rings (SSSR count). The predicted molar refractivity (Wildman–Crippen MR) is 115 cm³/mol. The summed E-state index contributed by atoms with van der Waals surface area (Å²) < 4.78 is 3.40.